The average molecular weight is 445 g/mol. The number of nitrogens with zero attached hydrogens (tertiary/aromatic N) is 1. The number of aliphatic imine (C=N–C) groups is 1. The molecule has 0 aliphatic carbocycles. The molecule has 0 unspecified atom stereocenters. The highest BCUT2D eigenvalue weighted by Gasteiger charge is 2.27. The van der Waals surface area contributed by atoms with Gasteiger partial charge < -0.3 is 15.4 Å². The van der Waals surface area contributed by atoms with Crippen molar-refractivity contribution >= 4 is 29.9 Å². The van der Waals surface area contributed by atoms with Crippen molar-refractivity contribution in [3.05, 3.63) is 35.4 Å². The van der Waals surface area contributed by atoms with E-state index in [0.29, 0.717) is 25.5 Å². The number of nitrogens with one attached hydrogen (secondary N) is 2. The van der Waals surface area contributed by atoms with Crippen molar-refractivity contribution in [1.29, 1.82) is 0 Å². The Morgan fingerprint density at radius 3 is 2.61 bits per heavy atom. The van der Waals surface area contributed by atoms with Crippen LogP contribution in [0.25, 0.3) is 0 Å². The van der Waals surface area contributed by atoms with E-state index in [0.717, 1.165) is 5.56 Å². The molecule has 4 nitrogen and oxygen atoms in total. The highest BCUT2D eigenvalue weighted by Crippen LogP contribution is 2.14. The predicted octanol–water partition coefficient (Wildman–Crippen LogP) is 3.25. The zero-order chi connectivity index (χ0) is 16.4. The Morgan fingerprint density at radius 2 is 2.00 bits per heavy atom. The summed E-state index contributed by atoms with van der Waals surface area (Å²) in [6.07, 6.45) is -3.79. The SMILES string of the molecule is CN=C(NCCCOCC(F)(F)F)NCc1cccc(C)c1.I. The van der Waals surface area contributed by atoms with Crippen LogP contribution in [0.15, 0.2) is 29.3 Å². The maximum absolute atomic E-state index is 11.9. The first-order valence-electron chi connectivity index (χ1n) is 7.05. The largest absolute Gasteiger partial charge is 0.411 e. The van der Waals surface area contributed by atoms with Gasteiger partial charge in [-0.1, -0.05) is 29.8 Å². The number of rotatable bonds is 7. The highest BCUT2D eigenvalue weighted by atomic mass is 127. The summed E-state index contributed by atoms with van der Waals surface area (Å²) in [5, 5.41) is 6.18. The number of ether oxygens (including phenoxy) is 1. The highest BCUT2D eigenvalue weighted by molar-refractivity contribution is 14.0. The van der Waals surface area contributed by atoms with Gasteiger partial charge in [0, 0.05) is 26.7 Å². The van der Waals surface area contributed by atoms with Gasteiger partial charge in [0.2, 0.25) is 0 Å². The van der Waals surface area contributed by atoms with E-state index in [1.165, 1.54) is 5.56 Å². The summed E-state index contributed by atoms with van der Waals surface area (Å²) in [7, 11) is 1.64. The van der Waals surface area contributed by atoms with E-state index in [1.807, 2.05) is 25.1 Å². The summed E-state index contributed by atoms with van der Waals surface area (Å²) in [6.45, 7) is 2.00. The third-order valence-corrected chi connectivity index (χ3v) is 2.79. The summed E-state index contributed by atoms with van der Waals surface area (Å²) < 4.78 is 40.1. The van der Waals surface area contributed by atoms with E-state index >= 15 is 0 Å². The van der Waals surface area contributed by atoms with Crippen molar-refractivity contribution in [2.24, 2.45) is 4.99 Å². The number of aryl methyl sites for hydroxylation is 1. The minimum Gasteiger partial charge on any atom is -0.372 e. The van der Waals surface area contributed by atoms with E-state index in [4.69, 9.17) is 0 Å². The van der Waals surface area contributed by atoms with Crippen LogP contribution in [0.5, 0.6) is 0 Å². The average Bonchev–Trinajstić information content (AvgIpc) is 2.44. The Labute approximate surface area is 151 Å². The predicted molar refractivity (Wildman–Crippen MR) is 96.3 cm³/mol. The fourth-order valence-corrected chi connectivity index (χ4v) is 1.80. The van der Waals surface area contributed by atoms with Crippen LogP contribution in [0.1, 0.15) is 17.5 Å². The Bertz CT molecular complexity index is 481. The molecule has 0 heterocycles. The molecule has 0 aromatic heterocycles. The Morgan fingerprint density at radius 1 is 1.26 bits per heavy atom. The molecule has 1 aromatic carbocycles. The molecule has 0 saturated heterocycles. The van der Waals surface area contributed by atoms with Gasteiger partial charge >= 0.3 is 6.18 Å². The van der Waals surface area contributed by atoms with Gasteiger partial charge in [-0.15, -0.1) is 24.0 Å². The lowest BCUT2D eigenvalue weighted by atomic mass is 10.1. The normalized spacial score (nSPS) is 11.8. The Kier molecular flexibility index (Phi) is 11.0. The van der Waals surface area contributed by atoms with Gasteiger partial charge in [-0.3, -0.25) is 4.99 Å². The van der Waals surface area contributed by atoms with Crippen molar-refractivity contribution < 1.29 is 17.9 Å². The Hall–Kier alpha value is -1.03. The number of guanidine groups is 1. The van der Waals surface area contributed by atoms with Crippen molar-refractivity contribution in [2.45, 2.75) is 26.1 Å². The molecule has 0 fully saturated rings. The lowest BCUT2D eigenvalue weighted by Gasteiger charge is -2.12. The summed E-state index contributed by atoms with van der Waals surface area (Å²) in [5.74, 6) is 0.609. The van der Waals surface area contributed by atoms with Crippen LogP contribution in [-0.4, -0.2) is 38.9 Å². The van der Waals surface area contributed by atoms with Crippen LogP contribution in [0.2, 0.25) is 0 Å². The van der Waals surface area contributed by atoms with Gasteiger partial charge in [-0.25, -0.2) is 0 Å². The molecule has 8 heteroatoms. The van der Waals surface area contributed by atoms with Crippen LogP contribution in [0.3, 0.4) is 0 Å². The molecule has 132 valence electrons. The van der Waals surface area contributed by atoms with E-state index < -0.39 is 12.8 Å². The maximum atomic E-state index is 11.9. The second kappa shape index (κ2) is 11.5. The summed E-state index contributed by atoms with van der Waals surface area (Å²) in [4.78, 5) is 4.06. The molecule has 1 aromatic rings. The molecule has 0 aliphatic heterocycles. The zero-order valence-electron chi connectivity index (χ0n) is 13.2. The number of hydrogen-bond acceptors (Lipinski definition) is 2. The van der Waals surface area contributed by atoms with Gasteiger partial charge in [0.25, 0.3) is 0 Å². The molecule has 0 bridgehead atoms. The van der Waals surface area contributed by atoms with E-state index in [9.17, 15) is 13.2 Å². The summed E-state index contributed by atoms with van der Waals surface area (Å²) in [5.41, 5.74) is 2.32. The van der Waals surface area contributed by atoms with Gasteiger partial charge in [-0.2, -0.15) is 13.2 Å². The smallest absolute Gasteiger partial charge is 0.372 e. The molecule has 0 spiro atoms. The molecule has 0 saturated carbocycles. The third-order valence-electron chi connectivity index (χ3n) is 2.79. The number of benzene rings is 1. The molecule has 0 atom stereocenters. The van der Waals surface area contributed by atoms with E-state index in [-0.39, 0.29) is 30.6 Å². The van der Waals surface area contributed by atoms with Gasteiger partial charge in [0.05, 0.1) is 0 Å². The van der Waals surface area contributed by atoms with Crippen molar-refractivity contribution in [3.8, 4) is 0 Å². The topological polar surface area (TPSA) is 45.7 Å². The number of hydrogen-bond donors (Lipinski definition) is 2. The number of alkyl halides is 3. The second-order valence-corrected chi connectivity index (χ2v) is 4.86. The molecule has 0 radical (unpaired) electrons. The Balaban J connectivity index is 0.00000484. The lowest BCUT2D eigenvalue weighted by Crippen LogP contribution is -2.37. The van der Waals surface area contributed by atoms with Crippen molar-refractivity contribution in [3.63, 3.8) is 0 Å². The van der Waals surface area contributed by atoms with Crippen LogP contribution in [-0.2, 0) is 11.3 Å². The van der Waals surface area contributed by atoms with Gasteiger partial charge in [0.15, 0.2) is 5.96 Å². The molecular formula is C15H23F3IN3O. The van der Waals surface area contributed by atoms with E-state index in [1.54, 1.807) is 7.05 Å². The standard InChI is InChI=1S/C15H22F3N3O.HI/c1-12-5-3-6-13(9-12)10-21-14(19-2)20-7-4-8-22-11-15(16,17)18;/h3,5-6,9H,4,7-8,10-11H2,1-2H3,(H2,19,20,21);1H. The summed E-state index contributed by atoms with van der Waals surface area (Å²) in [6, 6.07) is 8.10. The van der Waals surface area contributed by atoms with Crippen LogP contribution in [0, 0.1) is 6.92 Å². The molecular weight excluding hydrogens is 422 g/mol. The first kappa shape index (κ1) is 22.0. The lowest BCUT2D eigenvalue weighted by molar-refractivity contribution is -0.173. The van der Waals surface area contributed by atoms with Crippen molar-refractivity contribution in [1.82, 2.24) is 10.6 Å². The van der Waals surface area contributed by atoms with Crippen molar-refractivity contribution in [2.75, 3.05) is 26.8 Å². The van der Waals surface area contributed by atoms with Crippen LogP contribution >= 0.6 is 24.0 Å². The van der Waals surface area contributed by atoms with Crippen LogP contribution < -0.4 is 10.6 Å². The van der Waals surface area contributed by atoms with Crippen LogP contribution in [0.4, 0.5) is 13.2 Å². The maximum Gasteiger partial charge on any atom is 0.411 e. The first-order valence-corrected chi connectivity index (χ1v) is 7.05. The quantitative estimate of drug-likeness (QED) is 0.293. The number of halogens is 4. The fraction of sp³-hybridized carbons (Fsp3) is 0.533. The van der Waals surface area contributed by atoms with Gasteiger partial charge in [0.1, 0.15) is 6.61 Å². The zero-order valence-corrected chi connectivity index (χ0v) is 15.6. The van der Waals surface area contributed by atoms with E-state index in [2.05, 4.69) is 26.4 Å². The third kappa shape index (κ3) is 11.2. The molecule has 23 heavy (non-hydrogen) atoms. The molecule has 1 rings (SSSR count). The second-order valence-electron chi connectivity index (χ2n) is 4.86. The minimum atomic E-state index is -4.27. The monoisotopic (exact) mass is 445 g/mol. The van der Waals surface area contributed by atoms with Gasteiger partial charge in [-0.05, 0) is 18.9 Å². The molecule has 0 amide bonds. The minimum absolute atomic E-state index is 0. The fourth-order valence-electron chi connectivity index (χ4n) is 1.80. The summed E-state index contributed by atoms with van der Waals surface area (Å²) >= 11 is 0. The molecule has 0 aliphatic rings. The first-order chi connectivity index (χ1) is 10.4. The molecule has 2 N–H and O–H groups in total.